The Hall–Kier alpha value is -2.40. The molecule has 0 bridgehead atoms. The van der Waals surface area contributed by atoms with Crippen LogP contribution in [0.25, 0.3) is 0 Å². The fourth-order valence-corrected chi connectivity index (χ4v) is 3.24. The van der Waals surface area contributed by atoms with Gasteiger partial charge in [0.15, 0.2) is 0 Å². The number of carbonyl (C=O) groups excluding carboxylic acids is 1. The summed E-state index contributed by atoms with van der Waals surface area (Å²) < 4.78 is 5.63. The molecule has 1 saturated heterocycles. The molecule has 5 heteroatoms. The molecule has 1 N–H and O–H groups in total. The summed E-state index contributed by atoms with van der Waals surface area (Å²) in [6.45, 7) is 4.25. The van der Waals surface area contributed by atoms with Crippen LogP contribution in [0.1, 0.15) is 31.0 Å². The zero-order chi connectivity index (χ0) is 18.2. The van der Waals surface area contributed by atoms with Crippen molar-refractivity contribution in [3.05, 3.63) is 59.9 Å². The Morgan fingerprint density at radius 2 is 1.92 bits per heavy atom. The molecule has 26 heavy (non-hydrogen) atoms. The predicted molar refractivity (Wildman–Crippen MR) is 103 cm³/mol. The lowest BCUT2D eigenvalue weighted by atomic mass is 10.1. The van der Waals surface area contributed by atoms with Crippen molar-refractivity contribution in [1.29, 1.82) is 0 Å². The maximum absolute atomic E-state index is 12.4. The van der Waals surface area contributed by atoms with Gasteiger partial charge in [-0.3, -0.25) is 4.98 Å². The molecule has 3 rings (SSSR count). The van der Waals surface area contributed by atoms with Crippen LogP contribution >= 0.6 is 0 Å². The monoisotopic (exact) mass is 353 g/mol. The summed E-state index contributed by atoms with van der Waals surface area (Å²) in [6, 6.07) is 14.0. The smallest absolute Gasteiger partial charge is 0.321 e. The van der Waals surface area contributed by atoms with Gasteiger partial charge in [-0.05, 0) is 62.4 Å². The molecule has 138 valence electrons. The van der Waals surface area contributed by atoms with Gasteiger partial charge >= 0.3 is 6.03 Å². The number of rotatable bonds is 6. The molecule has 0 unspecified atom stereocenters. The number of aryl methyl sites for hydroxylation is 2. The molecule has 2 heterocycles. The van der Waals surface area contributed by atoms with Crippen LogP contribution in [0.4, 0.5) is 10.5 Å². The largest absolute Gasteiger partial charge is 0.378 e. The number of carbonyl (C=O) groups is 1. The predicted octanol–water partition coefficient (Wildman–Crippen LogP) is 3.90. The van der Waals surface area contributed by atoms with Gasteiger partial charge in [-0.2, -0.15) is 0 Å². The second kappa shape index (κ2) is 9.34. The molecule has 0 atom stereocenters. The maximum atomic E-state index is 12.4. The number of piperidine rings is 1. The number of anilines is 1. The van der Waals surface area contributed by atoms with Gasteiger partial charge < -0.3 is 15.0 Å². The molecule has 1 aliphatic rings. The van der Waals surface area contributed by atoms with Gasteiger partial charge in [0.1, 0.15) is 0 Å². The first-order valence-electron chi connectivity index (χ1n) is 9.41. The Balaban J connectivity index is 1.46. The molecule has 2 aromatic rings. The van der Waals surface area contributed by atoms with Crippen LogP contribution in [0.5, 0.6) is 0 Å². The molecule has 0 radical (unpaired) electrons. The van der Waals surface area contributed by atoms with Crippen molar-refractivity contribution in [3.8, 4) is 0 Å². The Morgan fingerprint density at radius 1 is 1.15 bits per heavy atom. The summed E-state index contributed by atoms with van der Waals surface area (Å²) in [6.07, 6.45) is 5.80. The molecule has 5 nitrogen and oxygen atoms in total. The summed E-state index contributed by atoms with van der Waals surface area (Å²) in [5, 5.41) is 2.99. The van der Waals surface area contributed by atoms with E-state index in [2.05, 4.69) is 22.4 Å². The minimum absolute atomic E-state index is 0.0267. The van der Waals surface area contributed by atoms with E-state index < -0.39 is 0 Å². The first-order valence-corrected chi connectivity index (χ1v) is 9.41. The van der Waals surface area contributed by atoms with E-state index >= 15 is 0 Å². The summed E-state index contributed by atoms with van der Waals surface area (Å²) in [4.78, 5) is 18.6. The minimum atomic E-state index is -0.0267. The molecule has 1 fully saturated rings. The van der Waals surface area contributed by atoms with Crippen molar-refractivity contribution < 1.29 is 9.53 Å². The molecule has 1 aliphatic heterocycles. The highest BCUT2D eigenvalue weighted by Crippen LogP contribution is 2.16. The van der Waals surface area contributed by atoms with Gasteiger partial charge in [0, 0.05) is 37.3 Å². The number of amides is 2. The Labute approximate surface area is 155 Å². The van der Waals surface area contributed by atoms with Crippen molar-refractivity contribution in [2.24, 2.45) is 0 Å². The standard InChI is InChI=1S/C21H27N3O2/c1-2-26-20-12-15-24(16-13-20)21(25)23-19-10-7-17(8-11-19)6-9-18-5-3-4-14-22-18/h3-5,7-8,10-11,14,20H,2,6,9,12-13,15-16H2,1H3,(H,23,25). The first-order chi connectivity index (χ1) is 12.7. The summed E-state index contributed by atoms with van der Waals surface area (Å²) in [5.74, 6) is 0. The highest BCUT2D eigenvalue weighted by atomic mass is 16.5. The van der Waals surface area contributed by atoms with Crippen molar-refractivity contribution in [3.63, 3.8) is 0 Å². The van der Waals surface area contributed by atoms with E-state index in [1.807, 2.05) is 48.4 Å². The first kappa shape index (κ1) is 18.4. The lowest BCUT2D eigenvalue weighted by Crippen LogP contribution is -2.43. The fourth-order valence-electron chi connectivity index (χ4n) is 3.24. The average molecular weight is 353 g/mol. The molecule has 1 aromatic heterocycles. The third kappa shape index (κ3) is 5.30. The molecular formula is C21H27N3O2. The van der Waals surface area contributed by atoms with Crippen molar-refractivity contribution >= 4 is 11.7 Å². The van der Waals surface area contributed by atoms with Gasteiger partial charge in [0.2, 0.25) is 0 Å². The number of pyridine rings is 1. The van der Waals surface area contributed by atoms with Crippen LogP contribution in [0.3, 0.4) is 0 Å². The number of aromatic nitrogens is 1. The normalized spacial score (nSPS) is 15.0. The lowest BCUT2D eigenvalue weighted by Gasteiger charge is -2.31. The summed E-state index contributed by atoms with van der Waals surface area (Å²) in [7, 11) is 0. The van der Waals surface area contributed by atoms with Crippen LogP contribution in [0, 0.1) is 0 Å². The molecular weight excluding hydrogens is 326 g/mol. The summed E-state index contributed by atoms with van der Waals surface area (Å²) >= 11 is 0. The number of benzene rings is 1. The molecule has 1 aromatic carbocycles. The Morgan fingerprint density at radius 3 is 2.58 bits per heavy atom. The number of nitrogens with one attached hydrogen (secondary N) is 1. The molecule has 2 amide bonds. The molecule has 0 spiro atoms. The van der Waals surface area contributed by atoms with Crippen LogP contribution in [0.15, 0.2) is 48.7 Å². The Bertz CT molecular complexity index is 680. The SMILES string of the molecule is CCOC1CCN(C(=O)Nc2ccc(CCc3ccccn3)cc2)CC1. The van der Waals surface area contributed by atoms with Gasteiger partial charge in [-0.25, -0.2) is 4.79 Å². The van der Waals surface area contributed by atoms with E-state index in [1.165, 1.54) is 5.56 Å². The van der Waals surface area contributed by atoms with Gasteiger partial charge in [-0.15, -0.1) is 0 Å². The highest BCUT2D eigenvalue weighted by Gasteiger charge is 2.22. The number of nitrogens with zero attached hydrogens (tertiary/aromatic N) is 2. The molecule has 0 aliphatic carbocycles. The number of hydrogen-bond acceptors (Lipinski definition) is 3. The number of ether oxygens (including phenoxy) is 1. The van der Waals surface area contributed by atoms with Crippen LogP contribution < -0.4 is 5.32 Å². The zero-order valence-corrected chi connectivity index (χ0v) is 15.4. The number of likely N-dealkylation sites (tertiary alicyclic amines) is 1. The maximum Gasteiger partial charge on any atom is 0.321 e. The topological polar surface area (TPSA) is 54.5 Å². The van der Waals surface area contributed by atoms with Gasteiger partial charge in [0.05, 0.1) is 6.10 Å². The van der Waals surface area contributed by atoms with E-state index in [9.17, 15) is 4.79 Å². The second-order valence-corrected chi connectivity index (χ2v) is 6.59. The van der Waals surface area contributed by atoms with Crippen molar-refractivity contribution in [2.45, 2.75) is 38.7 Å². The third-order valence-electron chi connectivity index (χ3n) is 4.73. The van der Waals surface area contributed by atoms with E-state index in [0.717, 1.165) is 56.8 Å². The van der Waals surface area contributed by atoms with E-state index in [-0.39, 0.29) is 6.03 Å². The third-order valence-corrected chi connectivity index (χ3v) is 4.73. The van der Waals surface area contributed by atoms with Gasteiger partial charge in [-0.1, -0.05) is 18.2 Å². The number of hydrogen-bond donors (Lipinski definition) is 1. The van der Waals surface area contributed by atoms with Crippen molar-refractivity contribution in [2.75, 3.05) is 25.0 Å². The zero-order valence-electron chi connectivity index (χ0n) is 15.4. The average Bonchev–Trinajstić information content (AvgIpc) is 2.69. The van der Waals surface area contributed by atoms with Crippen LogP contribution in [-0.2, 0) is 17.6 Å². The van der Waals surface area contributed by atoms with E-state index in [0.29, 0.717) is 6.10 Å². The lowest BCUT2D eigenvalue weighted by molar-refractivity contribution is 0.0232. The minimum Gasteiger partial charge on any atom is -0.378 e. The van der Waals surface area contributed by atoms with E-state index in [4.69, 9.17) is 4.74 Å². The highest BCUT2D eigenvalue weighted by molar-refractivity contribution is 5.89. The fraction of sp³-hybridized carbons (Fsp3) is 0.429. The molecule has 0 saturated carbocycles. The van der Waals surface area contributed by atoms with E-state index in [1.54, 1.807) is 0 Å². The quantitative estimate of drug-likeness (QED) is 0.857. The van der Waals surface area contributed by atoms with Gasteiger partial charge in [0.25, 0.3) is 0 Å². The number of urea groups is 1. The van der Waals surface area contributed by atoms with Crippen LogP contribution in [0.2, 0.25) is 0 Å². The van der Waals surface area contributed by atoms with Crippen molar-refractivity contribution in [1.82, 2.24) is 9.88 Å². The summed E-state index contributed by atoms with van der Waals surface area (Å²) in [5.41, 5.74) is 3.18. The second-order valence-electron chi connectivity index (χ2n) is 6.59. The van der Waals surface area contributed by atoms with Crippen LogP contribution in [-0.4, -0.2) is 41.7 Å². The Kier molecular flexibility index (Phi) is 6.61.